The number of thioether (sulfide) groups is 1. The molecule has 0 aromatic rings. The first-order chi connectivity index (χ1) is 7.29. The second-order valence-electron chi connectivity index (χ2n) is 6.17. The number of likely N-dealkylation sites (tertiary alicyclic amines) is 1. The number of piperidine rings is 1. The minimum atomic E-state index is 0.340. The molecule has 0 saturated carbocycles. The average molecular weight is 243 g/mol. The van der Waals surface area contributed by atoms with E-state index >= 15 is 0 Å². The topological polar surface area (TPSA) is 20.3 Å². The standard InChI is InChI=1S/C13H25NOS/c1-10(2)14-7-6-11(8-12(14)15)16-9-13(3,4)5/h10-11H,6-9H2,1-5H3. The van der Waals surface area contributed by atoms with Crippen LogP contribution in [0.25, 0.3) is 0 Å². The Bertz CT molecular complexity index is 245. The molecule has 3 heteroatoms. The SMILES string of the molecule is CC(C)N1CCC(SCC(C)(C)C)CC1=O. The molecular formula is C13H25NOS. The van der Waals surface area contributed by atoms with Crippen LogP contribution in [0.3, 0.4) is 0 Å². The van der Waals surface area contributed by atoms with Gasteiger partial charge in [-0.15, -0.1) is 0 Å². The van der Waals surface area contributed by atoms with E-state index in [2.05, 4.69) is 34.6 Å². The van der Waals surface area contributed by atoms with Crippen molar-refractivity contribution in [2.75, 3.05) is 12.3 Å². The molecule has 0 N–H and O–H groups in total. The van der Waals surface area contributed by atoms with E-state index in [0.717, 1.165) is 25.1 Å². The molecule has 0 aromatic heterocycles. The number of hydrogen-bond donors (Lipinski definition) is 0. The van der Waals surface area contributed by atoms with Gasteiger partial charge in [0.25, 0.3) is 0 Å². The van der Waals surface area contributed by atoms with Gasteiger partial charge in [-0.05, 0) is 31.4 Å². The van der Waals surface area contributed by atoms with Crippen LogP contribution in [-0.4, -0.2) is 34.4 Å². The van der Waals surface area contributed by atoms with Gasteiger partial charge in [-0.3, -0.25) is 4.79 Å². The van der Waals surface area contributed by atoms with E-state index in [9.17, 15) is 4.79 Å². The van der Waals surface area contributed by atoms with E-state index in [1.807, 2.05) is 16.7 Å². The van der Waals surface area contributed by atoms with E-state index in [4.69, 9.17) is 0 Å². The van der Waals surface area contributed by atoms with Gasteiger partial charge in [0.1, 0.15) is 0 Å². The Kier molecular flexibility index (Phi) is 4.72. The number of rotatable bonds is 3. The smallest absolute Gasteiger partial charge is 0.223 e. The summed E-state index contributed by atoms with van der Waals surface area (Å²) >= 11 is 1.97. The molecule has 1 fully saturated rings. The molecule has 2 nitrogen and oxygen atoms in total. The lowest BCUT2D eigenvalue weighted by atomic mass is 10.0. The largest absolute Gasteiger partial charge is 0.340 e. The minimum absolute atomic E-state index is 0.340. The summed E-state index contributed by atoms with van der Waals surface area (Å²) in [5.74, 6) is 1.49. The third-order valence-electron chi connectivity index (χ3n) is 2.79. The van der Waals surface area contributed by atoms with Crippen molar-refractivity contribution in [3.8, 4) is 0 Å². The monoisotopic (exact) mass is 243 g/mol. The second-order valence-corrected chi connectivity index (χ2v) is 7.46. The zero-order chi connectivity index (χ0) is 12.3. The van der Waals surface area contributed by atoms with Crippen LogP contribution < -0.4 is 0 Å². The van der Waals surface area contributed by atoms with Crippen molar-refractivity contribution in [3.63, 3.8) is 0 Å². The first kappa shape index (κ1) is 13.9. The van der Waals surface area contributed by atoms with Crippen LogP contribution in [0.5, 0.6) is 0 Å². The molecule has 1 saturated heterocycles. The predicted molar refractivity (Wildman–Crippen MR) is 71.8 cm³/mol. The van der Waals surface area contributed by atoms with Crippen LogP contribution in [0.1, 0.15) is 47.5 Å². The highest BCUT2D eigenvalue weighted by Gasteiger charge is 2.28. The number of carbonyl (C=O) groups excluding carboxylic acids is 1. The molecule has 0 radical (unpaired) electrons. The summed E-state index contributed by atoms with van der Waals surface area (Å²) in [6, 6.07) is 0.362. The van der Waals surface area contributed by atoms with Crippen LogP contribution >= 0.6 is 11.8 Å². The highest BCUT2D eigenvalue weighted by Crippen LogP contribution is 2.30. The zero-order valence-corrected chi connectivity index (χ0v) is 12.1. The van der Waals surface area contributed by atoms with Gasteiger partial charge in [0.2, 0.25) is 5.91 Å². The average Bonchev–Trinajstić information content (AvgIpc) is 2.13. The molecule has 1 amide bonds. The van der Waals surface area contributed by atoms with Crippen molar-refractivity contribution in [1.29, 1.82) is 0 Å². The van der Waals surface area contributed by atoms with Crippen molar-refractivity contribution in [3.05, 3.63) is 0 Å². The van der Waals surface area contributed by atoms with E-state index in [1.165, 1.54) is 0 Å². The number of nitrogens with zero attached hydrogens (tertiary/aromatic N) is 1. The fourth-order valence-corrected chi connectivity index (χ4v) is 3.15. The van der Waals surface area contributed by atoms with Gasteiger partial charge in [0.15, 0.2) is 0 Å². The summed E-state index contributed by atoms with van der Waals surface area (Å²) in [6.45, 7) is 11.9. The Morgan fingerprint density at radius 2 is 2.06 bits per heavy atom. The van der Waals surface area contributed by atoms with Crippen LogP contribution in [0.2, 0.25) is 0 Å². The molecule has 1 aliphatic rings. The molecule has 1 rings (SSSR count). The van der Waals surface area contributed by atoms with Crippen LogP contribution in [0.15, 0.2) is 0 Å². The Morgan fingerprint density at radius 1 is 1.44 bits per heavy atom. The van der Waals surface area contributed by atoms with Crippen molar-refractivity contribution in [1.82, 2.24) is 4.90 Å². The number of amides is 1. The van der Waals surface area contributed by atoms with Gasteiger partial charge in [0.05, 0.1) is 0 Å². The molecule has 1 heterocycles. The van der Waals surface area contributed by atoms with Crippen molar-refractivity contribution in [2.24, 2.45) is 5.41 Å². The Labute approximate surface area is 104 Å². The van der Waals surface area contributed by atoms with E-state index in [-0.39, 0.29) is 0 Å². The highest BCUT2D eigenvalue weighted by atomic mass is 32.2. The van der Waals surface area contributed by atoms with E-state index in [0.29, 0.717) is 22.6 Å². The molecule has 0 bridgehead atoms. The summed E-state index contributed by atoms with van der Waals surface area (Å²) in [6.07, 6.45) is 1.89. The first-order valence-corrected chi connectivity index (χ1v) is 7.25. The quantitative estimate of drug-likeness (QED) is 0.759. The minimum Gasteiger partial charge on any atom is -0.340 e. The van der Waals surface area contributed by atoms with E-state index < -0.39 is 0 Å². The summed E-state index contributed by atoms with van der Waals surface area (Å²) in [5, 5.41) is 0.543. The van der Waals surface area contributed by atoms with Gasteiger partial charge < -0.3 is 4.90 Å². The fourth-order valence-electron chi connectivity index (χ4n) is 1.88. The first-order valence-electron chi connectivity index (χ1n) is 6.20. The lowest BCUT2D eigenvalue weighted by Gasteiger charge is -2.35. The van der Waals surface area contributed by atoms with Crippen LogP contribution in [-0.2, 0) is 4.79 Å². The van der Waals surface area contributed by atoms with Crippen molar-refractivity contribution < 1.29 is 4.79 Å². The van der Waals surface area contributed by atoms with Crippen molar-refractivity contribution >= 4 is 17.7 Å². The Hall–Kier alpha value is -0.180. The molecule has 94 valence electrons. The Morgan fingerprint density at radius 3 is 2.50 bits per heavy atom. The summed E-state index contributed by atoms with van der Waals surface area (Å²) in [5.41, 5.74) is 0.364. The van der Waals surface area contributed by atoms with E-state index in [1.54, 1.807) is 0 Å². The van der Waals surface area contributed by atoms with Gasteiger partial charge >= 0.3 is 0 Å². The van der Waals surface area contributed by atoms with Gasteiger partial charge in [0, 0.05) is 24.3 Å². The molecule has 1 unspecified atom stereocenters. The highest BCUT2D eigenvalue weighted by molar-refractivity contribution is 7.99. The molecule has 0 aliphatic carbocycles. The maximum absolute atomic E-state index is 11.9. The molecular weight excluding hydrogens is 218 g/mol. The van der Waals surface area contributed by atoms with Gasteiger partial charge in [-0.25, -0.2) is 0 Å². The third kappa shape index (κ3) is 4.36. The Balaban J connectivity index is 2.37. The molecule has 1 aliphatic heterocycles. The molecule has 0 spiro atoms. The fraction of sp³-hybridized carbons (Fsp3) is 0.923. The van der Waals surface area contributed by atoms with Crippen molar-refractivity contribution in [2.45, 2.75) is 58.8 Å². The zero-order valence-electron chi connectivity index (χ0n) is 11.2. The second kappa shape index (κ2) is 5.44. The number of carbonyl (C=O) groups is 1. The summed E-state index contributed by atoms with van der Waals surface area (Å²) in [4.78, 5) is 13.9. The van der Waals surface area contributed by atoms with Crippen LogP contribution in [0.4, 0.5) is 0 Å². The maximum atomic E-state index is 11.9. The lowest BCUT2D eigenvalue weighted by Crippen LogP contribution is -2.44. The van der Waals surface area contributed by atoms with Gasteiger partial charge in [-0.1, -0.05) is 20.8 Å². The predicted octanol–water partition coefficient (Wildman–Crippen LogP) is 3.17. The van der Waals surface area contributed by atoms with Crippen LogP contribution in [0, 0.1) is 5.41 Å². The summed E-state index contributed by atoms with van der Waals surface area (Å²) < 4.78 is 0. The normalized spacial score (nSPS) is 23.0. The third-order valence-corrected chi connectivity index (χ3v) is 4.70. The molecule has 16 heavy (non-hydrogen) atoms. The lowest BCUT2D eigenvalue weighted by molar-refractivity contribution is -0.134. The molecule has 1 atom stereocenters. The molecule has 0 aromatic carbocycles. The maximum Gasteiger partial charge on any atom is 0.223 e. The van der Waals surface area contributed by atoms with Gasteiger partial charge in [-0.2, -0.15) is 11.8 Å². The number of hydrogen-bond acceptors (Lipinski definition) is 2. The summed E-state index contributed by atoms with van der Waals surface area (Å²) in [7, 11) is 0.